The normalized spacial score (nSPS) is 17.3. The van der Waals surface area contributed by atoms with Gasteiger partial charge >= 0.3 is 0 Å². The third-order valence-electron chi connectivity index (χ3n) is 4.54. The minimum atomic E-state index is -0.312. The molecule has 3 heterocycles. The van der Waals surface area contributed by atoms with Gasteiger partial charge in [-0.05, 0) is 31.0 Å². The quantitative estimate of drug-likeness (QED) is 0.735. The van der Waals surface area contributed by atoms with Crippen LogP contribution in [0, 0.1) is 0 Å². The van der Waals surface area contributed by atoms with E-state index >= 15 is 0 Å². The van der Waals surface area contributed by atoms with E-state index in [2.05, 4.69) is 9.98 Å². The highest BCUT2D eigenvalue weighted by atomic mass is 16.5. The van der Waals surface area contributed by atoms with Gasteiger partial charge in [-0.15, -0.1) is 0 Å². The lowest BCUT2D eigenvalue weighted by Crippen LogP contribution is -2.21. The van der Waals surface area contributed by atoms with E-state index in [-0.39, 0.29) is 17.5 Å². The summed E-state index contributed by atoms with van der Waals surface area (Å²) in [5.41, 5.74) is 0.192. The van der Waals surface area contributed by atoms with E-state index in [1.807, 2.05) is 12.1 Å². The van der Waals surface area contributed by atoms with Crippen molar-refractivity contribution in [3.05, 3.63) is 64.6 Å². The highest BCUT2D eigenvalue weighted by molar-refractivity contribution is 6.01. The summed E-state index contributed by atoms with van der Waals surface area (Å²) in [7, 11) is 0. The minimum absolute atomic E-state index is 0.126. The maximum absolute atomic E-state index is 12.9. The average Bonchev–Trinajstić information content (AvgIpc) is 3.19. The van der Waals surface area contributed by atoms with E-state index in [1.54, 1.807) is 42.7 Å². The summed E-state index contributed by atoms with van der Waals surface area (Å²) in [6.45, 7) is 1.31. The molecule has 0 aliphatic carbocycles. The lowest BCUT2D eigenvalue weighted by molar-refractivity contribution is 0.118. The van der Waals surface area contributed by atoms with Crippen molar-refractivity contribution in [3.8, 4) is 11.7 Å². The fourth-order valence-electron chi connectivity index (χ4n) is 3.24. The number of fused-ring (bicyclic) bond motifs is 1. The van der Waals surface area contributed by atoms with E-state index in [9.17, 15) is 9.90 Å². The maximum atomic E-state index is 12.9. The first-order valence-electron chi connectivity index (χ1n) is 8.65. The smallest absolute Gasteiger partial charge is 0.267 e. The van der Waals surface area contributed by atoms with Crippen molar-refractivity contribution in [1.82, 2.24) is 9.55 Å². The zero-order chi connectivity index (χ0) is 17.9. The Kier molecular flexibility index (Phi) is 4.50. The van der Waals surface area contributed by atoms with Gasteiger partial charge in [0.2, 0.25) is 5.88 Å². The molecule has 1 saturated heterocycles. The van der Waals surface area contributed by atoms with Crippen LogP contribution < -0.4 is 5.56 Å². The van der Waals surface area contributed by atoms with E-state index in [0.717, 1.165) is 19.4 Å². The number of pyridine rings is 2. The van der Waals surface area contributed by atoms with Crippen molar-refractivity contribution in [2.24, 2.45) is 4.99 Å². The topological polar surface area (TPSA) is 76.7 Å². The Morgan fingerprint density at radius 2 is 2.04 bits per heavy atom. The summed E-state index contributed by atoms with van der Waals surface area (Å²) in [5, 5.41) is 12.0. The molecule has 0 amide bonds. The van der Waals surface area contributed by atoms with E-state index in [4.69, 9.17) is 4.74 Å². The number of ether oxygens (including phenoxy) is 1. The molecule has 1 aromatic carbocycles. The van der Waals surface area contributed by atoms with Gasteiger partial charge in [-0.1, -0.05) is 24.3 Å². The summed E-state index contributed by atoms with van der Waals surface area (Å²) in [4.78, 5) is 21.5. The van der Waals surface area contributed by atoms with Crippen molar-refractivity contribution in [2.75, 3.05) is 13.2 Å². The zero-order valence-electron chi connectivity index (χ0n) is 14.2. The predicted molar refractivity (Wildman–Crippen MR) is 100 cm³/mol. The number of hydrogen-bond acceptors (Lipinski definition) is 5. The van der Waals surface area contributed by atoms with Crippen molar-refractivity contribution in [2.45, 2.75) is 18.9 Å². The number of aromatic nitrogens is 2. The maximum Gasteiger partial charge on any atom is 0.267 e. The zero-order valence-corrected chi connectivity index (χ0v) is 14.2. The van der Waals surface area contributed by atoms with Gasteiger partial charge in [0.15, 0.2) is 0 Å². The first kappa shape index (κ1) is 16.5. The van der Waals surface area contributed by atoms with Crippen LogP contribution in [0.1, 0.15) is 18.4 Å². The number of hydrogen-bond donors (Lipinski definition) is 1. The lowest BCUT2D eigenvalue weighted by Gasteiger charge is -2.13. The Bertz CT molecular complexity index is 1010. The minimum Gasteiger partial charge on any atom is -0.494 e. The van der Waals surface area contributed by atoms with Gasteiger partial charge in [-0.3, -0.25) is 9.79 Å². The molecule has 0 bridgehead atoms. The molecule has 132 valence electrons. The highest BCUT2D eigenvalue weighted by Gasteiger charge is 2.17. The third kappa shape index (κ3) is 2.99. The second-order valence-electron chi connectivity index (χ2n) is 6.24. The molecule has 1 unspecified atom stereocenters. The molecule has 1 fully saturated rings. The SMILES string of the molecule is O=c1c2ccccc2c(C=NCC2CCCO2)c(O)n1-c1ccccn1. The molecule has 2 aromatic heterocycles. The summed E-state index contributed by atoms with van der Waals surface area (Å²) in [5.74, 6) is 0.206. The molecule has 0 radical (unpaired) electrons. The number of rotatable bonds is 4. The molecule has 4 rings (SSSR count). The van der Waals surface area contributed by atoms with Crippen LogP contribution in [0.3, 0.4) is 0 Å². The monoisotopic (exact) mass is 349 g/mol. The standard InChI is InChI=1S/C20H19N3O3/c24-19-16-8-2-1-7-15(16)17(13-21-12-14-6-5-11-26-14)20(25)23(19)18-9-3-4-10-22-18/h1-4,7-10,13-14,25H,5-6,11-12H2. The summed E-state index contributed by atoms with van der Waals surface area (Å²) >= 11 is 0. The molecule has 6 nitrogen and oxygen atoms in total. The molecule has 0 spiro atoms. The molecule has 0 saturated carbocycles. The molecule has 1 aliphatic heterocycles. The molecule has 1 N–H and O–H groups in total. The van der Waals surface area contributed by atoms with Crippen molar-refractivity contribution < 1.29 is 9.84 Å². The van der Waals surface area contributed by atoms with E-state index in [1.165, 1.54) is 4.57 Å². The van der Waals surface area contributed by atoms with Crippen LogP contribution in [-0.4, -0.2) is 40.1 Å². The van der Waals surface area contributed by atoms with Gasteiger partial charge in [0.05, 0.1) is 18.2 Å². The van der Waals surface area contributed by atoms with Gasteiger partial charge in [0.1, 0.15) is 5.82 Å². The first-order valence-corrected chi connectivity index (χ1v) is 8.65. The lowest BCUT2D eigenvalue weighted by atomic mass is 10.1. The van der Waals surface area contributed by atoms with Gasteiger partial charge < -0.3 is 9.84 Å². The fraction of sp³-hybridized carbons (Fsp3) is 0.250. The molecule has 3 aromatic rings. The van der Waals surface area contributed by atoms with Crippen LogP contribution in [0.5, 0.6) is 5.88 Å². The van der Waals surface area contributed by atoms with E-state index < -0.39 is 0 Å². The number of nitrogens with zero attached hydrogens (tertiary/aromatic N) is 3. The predicted octanol–water partition coefficient (Wildman–Crippen LogP) is 2.69. The second kappa shape index (κ2) is 7.09. The molecule has 6 heteroatoms. The molecular formula is C20H19N3O3. The van der Waals surface area contributed by atoms with Gasteiger partial charge in [-0.25, -0.2) is 9.55 Å². The Balaban J connectivity index is 1.85. The van der Waals surface area contributed by atoms with Crippen molar-refractivity contribution in [1.29, 1.82) is 0 Å². The Morgan fingerprint density at radius 1 is 1.23 bits per heavy atom. The van der Waals surface area contributed by atoms with Gasteiger partial charge in [0, 0.05) is 29.8 Å². The van der Waals surface area contributed by atoms with Crippen LogP contribution in [-0.2, 0) is 4.74 Å². The molecular weight excluding hydrogens is 330 g/mol. The summed E-state index contributed by atoms with van der Waals surface area (Å²) < 4.78 is 6.80. The van der Waals surface area contributed by atoms with Crippen LogP contribution >= 0.6 is 0 Å². The Hall–Kier alpha value is -2.99. The van der Waals surface area contributed by atoms with Crippen LogP contribution in [0.25, 0.3) is 16.6 Å². The fourth-order valence-corrected chi connectivity index (χ4v) is 3.24. The van der Waals surface area contributed by atoms with Crippen LogP contribution in [0.15, 0.2) is 58.4 Å². The summed E-state index contributed by atoms with van der Waals surface area (Å²) in [6, 6.07) is 12.4. The second-order valence-corrected chi connectivity index (χ2v) is 6.24. The summed E-state index contributed by atoms with van der Waals surface area (Å²) in [6.07, 6.45) is 5.39. The van der Waals surface area contributed by atoms with E-state index in [0.29, 0.717) is 28.7 Å². The number of aromatic hydroxyl groups is 1. The molecule has 1 atom stereocenters. The van der Waals surface area contributed by atoms with Crippen LogP contribution in [0.2, 0.25) is 0 Å². The largest absolute Gasteiger partial charge is 0.494 e. The van der Waals surface area contributed by atoms with Crippen LogP contribution in [0.4, 0.5) is 0 Å². The number of benzene rings is 1. The Morgan fingerprint density at radius 3 is 2.77 bits per heavy atom. The van der Waals surface area contributed by atoms with Crippen molar-refractivity contribution >= 4 is 17.0 Å². The molecule has 26 heavy (non-hydrogen) atoms. The van der Waals surface area contributed by atoms with Gasteiger partial charge in [-0.2, -0.15) is 0 Å². The first-order chi connectivity index (χ1) is 12.8. The third-order valence-corrected chi connectivity index (χ3v) is 4.54. The van der Waals surface area contributed by atoms with Gasteiger partial charge in [0.25, 0.3) is 5.56 Å². The average molecular weight is 349 g/mol. The van der Waals surface area contributed by atoms with Crippen molar-refractivity contribution in [3.63, 3.8) is 0 Å². The molecule has 1 aliphatic rings. The Labute approximate surface area is 150 Å². The highest BCUT2D eigenvalue weighted by Crippen LogP contribution is 2.25. The number of aliphatic imine (C=N–C) groups is 1.